The van der Waals surface area contributed by atoms with Crippen molar-refractivity contribution in [1.29, 1.82) is 0 Å². The molecule has 1 fully saturated rings. The molecule has 1 aliphatic heterocycles. The van der Waals surface area contributed by atoms with Gasteiger partial charge in [0.25, 0.3) is 0 Å². The van der Waals surface area contributed by atoms with E-state index in [0.717, 1.165) is 19.3 Å². The van der Waals surface area contributed by atoms with Crippen molar-refractivity contribution in [1.82, 2.24) is 14.9 Å². The van der Waals surface area contributed by atoms with E-state index in [1.54, 1.807) is 14.1 Å². The SMILES string of the molecule is C#C.CNC(=O)CCC(C)C.CNC=O.CS(=O)(=O)N1CCC[C@H]1N. The molecule has 0 aliphatic carbocycles. The van der Waals surface area contributed by atoms with Gasteiger partial charge in [0.2, 0.25) is 22.3 Å². The van der Waals surface area contributed by atoms with Crippen LogP contribution in [-0.4, -0.2) is 58.1 Å². The number of sulfonamides is 1. The van der Waals surface area contributed by atoms with Gasteiger partial charge in [-0.3, -0.25) is 9.59 Å². The third-order valence-electron chi connectivity index (χ3n) is 3.02. The number of hydrogen-bond acceptors (Lipinski definition) is 5. The molecule has 8 nitrogen and oxygen atoms in total. The molecule has 1 rings (SSSR count). The molecule has 0 unspecified atom stereocenters. The maximum Gasteiger partial charge on any atom is 0.219 e. The lowest BCUT2D eigenvalue weighted by molar-refractivity contribution is -0.120. The first-order chi connectivity index (χ1) is 11.6. The number of amides is 2. The molecule has 0 spiro atoms. The Hall–Kier alpha value is -1.63. The Morgan fingerprint density at radius 3 is 2.04 bits per heavy atom. The van der Waals surface area contributed by atoms with Gasteiger partial charge in [0.05, 0.1) is 12.4 Å². The van der Waals surface area contributed by atoms with Gasteiger partial charge < -0.3 is 16.4 Å². The third kappa shape index (κ3) is 18.5. The van der Waals surface area contributed by atoms with Gasteiger partial charge in [-0.05, 0) is 25.2 Å². The van der Waals surface area contributed by atoms with Gasteiger partial charge in [-0.15, -0.1) is 12.8 Å². The van der Waals surface area contributed by atoms with Gasteiger partial charge in [-0.1, -0.05) is 13.8 Å². The molecule has 1 aliphatic rings. The Morgan fingerprint density at radius 1 is 1.36 bits per heavy atom. The Labute approximate surface area is 153 Å². The lowest BCUT2D eigenvalue weighted by Gasteiger charge is -2.17. The van der Waals surface area contributed by atoms with Crippen molar-refractivity contribution in [2.45, 2.75) is 45.7 Å². The van der Waals surface area contributed by atoms with Crippen molar-refractivity contribution >= 4 is 22.3 Å². The zero-order valence-electron chi connectivity index (χ0n) is 16.0. The predicted molar refractivity (Wildman–Crippen MR) is 102 cm³/mol. The topological polar surface area (TPSA) is 122 Å². The number of nitrogens with zero attached hydrogens (tertiary/aromatic N) is 1. The molecule has 0 aromatic rings. The van der Waals surface area contributed by atoms with Crippen LogP contribution in [0.2, 0.25) is 0 Å². The van der Waals surface area contributed by atoms with E-state index >= 15 is 0 Å². The van der Waals surface area contributed by atoms with Crippen molar-refractivity contribution in [3.8, 4) is 12.8 Å². The number of carbonyl (C=O) groups is 2. The van der Waals surface area contributed by atoms with Crippen molar-refractivity contribution in [3.63, 3.8) is 0 Å². The first-order valence-corrected chi connectivity index (χ1v) is 9.82. The highest BCUT2D eigenvalue weighted by Gasteiger charge is 2.27. The number of hydrogen-bond donors (Lipinski definition) is 3. The lowest BCUT2D eigenvalue weighted by atomic mass is 10.1. The first kappa shape index (κ1) is 28.2. The van der Waals surface area contributed by atoms with Gasteiger partial charge in [0, 0.05) is 27.1 Å². The fourth-order valence-electron chi connectivity index (χ4n) is 1.72. The van der Waals surface area contributed by atoms with Gasteiger partial charge in [-0.2, -0.15) is 4.31 Å². The van der Waals surface area contributed by atoms with Crippen LogP contribution in [-0.2, 0) is 19.6 Å². The Kier molecular flexibility index (Phi) is 19.4. The molecule has 9 heteroatoms. The third-order valence-corrected chi connectivity index (χ3v) is 4.33. The second kappa shape index (κ2) is 17.2. The molecule has 0 bridgehead atoms. The second-order valence-corrected chi connectivity index (χ2v) is 7.53. The van der Waals surface area contributed by atoms with Crippen LogP contribution in [0.15, 0.2) is 0 Å². The van der Waals surface area contributed by atoms with Crippen LogP contribution in [0.4, 0.5) is 0 Å². The highest BCUT2D eigenvalue weighted by molar-refractivity contribution is 7.88. The molecule has 25 heavy (non-hydrogen) atoms. The summed E-state index contributed by atoms with van der Waals surface area (Å²) in [6, 6.07) is 0. The van der Waals surface area contributed by atoms with E-state index in [4.69, 9.17) is 10.5 Å². The molecular formula is C16H34N4O4S. The molecule has 0 aromatic heterocycles. The zero-order valence-corrected chi connectivity index (χ0v) is 16.8. The van der Waals surface area contributed by atoms with Crippen molar-refractivity contribution < 1.29 is 18.0 Å². The molecule has 0 radical (unpaired) electrons. The monoisotopic (exact) mass is 378 g/mol. The molecule has 0 aromatic carbocycles. The molecule has 1 saturated heterocycles. The van der Waals surface area contributed by atoms with Crippen molar-refractivity contribution in [3.05, 3.63) is 0 Å². The van der Waals surface area contributed by atoms with E-state index in [9.17, 15) is 13.2 Å². The fourth-order valence-corrected chi connectivity index (χ4v) is 2.78. The summed E-state index contributed by atoms with van der Waals surface area (Å²) in [5, 5.41) is 4.83. The number of nitrogens with one attached hydrogen (secondary N) is 2. The number of rotatable bonds is 5. The van der Waals surface area contributed by atoms with Crippen LogP contribution < -0.4 is 16.4 Å². The number of nitrogens with two attached hydrogens (primary N) is 1. The average molecular weight is 379 g/mol. The summed E-state index contributed by atoms with van der Waals surface area (Å²) < 4.78 is 23.1. The van der Waals surface area contributed by atoms with E-state index in [0.29, 0.717) is 25.3 Å². The summed E-state index contributed by atoms with van der Waals surface area (Å²) in [4.78, 5) is 19.7. The molecule has 0 saturated carbocycles. The summed E-state index contributed by atoms with van der Waals surface area (Å²) in [7, 11) is 0.188. The molecule has 1 atom stereocenters. The van der Waals surface area contributed by atoms with Crippen LogP contribution in [0.1, 0.15) is 39.5 Å². The minimum atomic E-state index is -3.04. The zero-order chi connectivity index (χ0) is 20.5. The second-order valence-electron chi connectivity index (χ2n) is 5.60. The van der Waals surface area contributed by atoms with Crippen LogP contribution in [0, 0.1) is 18.8 Å². The molecule has 2 amide bonds. The molecule has 148 valence electrons. The van der Waals surface area contributed by atoms with Crippen molar-refractivity contribution in [2.24, 2.45) is 11.7 Å². The van der Waals surface area contributed by atoms with E-state index in [1.165, 1.54) is 10.6 Å². The van der Waals surface area contributed by atoms with Gasteiger partial charge in [-0.25, -0.2) is 8.42 Å². The maximum atomic E-state index is 10.9. The highest BCUT2D eigenvalue weighted by atomic mass is 32.2. The first-order valence-electron chi connectivity index (χ1n) is 7.97. The Morgan fingerprint density at radius 2 is 1.84 bits per heavy atom. The predicted octanol–water partition coefficient (Wildman–Crippen LogP) is 0.107. The summed E-state index contributed by atoms with van der Waals surface area (Å²) in [5.41, 5.74) is 5.51. The van der Waals surface area contributed by atoms with Crippen molar-refractivity contribution in [2.75, 3.05) is 26.9 Å². The van der Waals surface area contributed by atoms with E-state index in [1.807, 2.05) is 0 Å². The lowest BCUT2D eigenvalue weighted by Crippen LogP contribution is -2.40. The van der Waals surface area contributed by atoms with E-state index < -0.39 is 10.0 Å². The minimum absolute atomic E-state index is 0.142. The Bertz CT molecular complexity index is 464. The highest BCUT2D eigenvalue weighted by Crippen LogP contribution is 2.15. The smallest absolute Gasteiger partial charge is 0.219 e. The maximum absolute atomic E-state index is 10.9. The number of carbonyl (C=O) groups excluding carboxylic acids is 2. The normalized spacial score (nSPS) is 16.1. The summed E-state index contributed by atoms with van der Waals surface area (Å²) >= 11 is 0. The van der Waals surface area contributed by atoms with Crippen LogP contribution in [0.25, 0.3) is 0 Å². The minimum Gasteiger partial charge on any atom is -0.362 e. The largest absolute Gasteiger partial charge is 0.362 e. The van der Waals surface area contributed by atoms with Gasteiger partial charge >= 0.3 is 0 Å². The molecule has 1 heterocycles. The summed E-state index contributed by atoms with van der Waals surface area (Å²) in [6.07, 6.45) is 12.8. The number of terminal acetylenes is 1. The van der Waals surface area contributed by atoms with E-state index in [-0.39, 0.29) is 12.1 Å². The summed E-state index contributed by atoms with van der Waals surface area (Å²) in [6.45, 7) is 4.81. The van der Waals surface area contributed by atoms with Crippen LogP contribution >= 0.6 is 0 Å². The van der Waals surface area contributed by atoms with Crippen LogP contribution in [0.5, 0.6) is 0 Å². The average Bonchev–Trinajstić information content (AvgIpc) is 3.01. The molecule has 4 N–H and O–H groups in total. The quantitative estimate of drug-likeness (QED) is 0.463. The fraction of sp³-hybridized carbons (Fsp3) is 0.750. The Balaban J connectivity index is -0.000000298. The van der Waals surface area contributed by atoms with Gasteiger partial charge in [0.15, 0.2) is 0 Å². The molecular weight excluding hydrogens is 344 g/mol. The van der Waals surface area contributed by atoms with Crippen LogP contribution in [0.3, 0.4) is 0 Å². The summed E-state index contributed by atoms with van der Waals surface area (Å²) in [5.74, 6) is 0.769. The standard InChI is InChI=1S/C7H15NO.C5H12N2O2S.C2H5NO.C2H2/c1-6(2)4-5-7(9)8-3;1-10(8,9)7-4-2-3-5(7)6;1-3-2-4;1-2/h6H,4-5H2,1-3H3,(H,8,9);5H,2-4,6H2,1H3;2H,1H3,(H,3,4);1-2H/t;5-;;/m.0../s1. The van der Waals surface area contributed by atoms with E-state index in [2.05, 4.69) is 37.3 Å². The van der Waals surface area contributed by atoms with Gasteiger partial charge in [0.1, 0.15) is 0 Å².